The van der Waals surface area contributed by atoms with E-state index in [1.807, 2.05) is 0 Å². The second kappa shape index (κ2) is 11.0. The largest absolute Gasteiger partial charge is 0.466 e. The van der Waals surface area contributed by atoms with Crippen LogP contribution in [0.5, 0.6) is 0 Å². The number of rotatable bonds is 12. The Morgan fingerprint density at radius 1 is 0.913 bits per heavy atom. The molecule has 0 aliphatic rings. The topological polar surface area (TPSA) is 112 Å². The first-order chi connectivity index (χ1) is 10.6. The minimum atomic E-state index is -3.47. The lowest BCUT2D eigenvalue weighted by Gasteiger charge is -2.06. The molecule has 0 unspecified atom stereocenters. The second-order valence-corrected chi connectivity index (χ2v) is 10.8. The van der Waals surface area contributed by atoms with E-state index in [1.54, 1.807) is 6.92 Å². The average molecular weight is 389 g/mol. The van der Waals surface area contributed by atoms with Gasteiger partial charge in [-0.25, -0.2) is 16.8 Å². The van der Waals surface area contributed by atoms with Crippen LogP contribution in [0.2, 0.25) is 0 Å². The fourth-order valence-corrected chi connectivity index (χ4v) is 5.25. The molecule has 0 aromatic rings. The first kappa shape index (κ1) is 22.4. The van der Waals surface area contributed by atoms with Crippen LogP contribution in [-0.2, 0) is 34.0 Å². The van der Waals surface area contributed by atoms with Crippen LogP contribution in [0.4, 0.5) is 0 Å². The molecule has 0 aromatic heterocycles. The summed E-state index contributed by atoms with van der Waals surface area (Å²) in [5.41, 5.74) is 0. The third kappa shape index (κ3) is 13.5. The summed E-state index contributed by atoms with van der Waals surface area (Å²) in [5, 5.41) is -0.0601. The molecule has 0 aliphatic heterocycles. The van der Waals surface area contributed by atoms with Crippen molar-refractivity contribution in [3.63, 3.8) is 0 Å². The summed E-state index contributed by atoms with van der Waals surface area (Å²) in [4.78, 5) is 21.8. The van der Waals surface area contributed by atoms with Crippen molar-refractivity contribution in [1.82, 2.24) is 0 Å². The molecule has 0 aliphatic carbocycles. The Kier molecular flexibility index (Phi) is 10.7. The highest BCUT2D eigenvalue weighted by Gasteiger charge is 2.17. The quantitative estimate of drug-likeness (QED) is 0.357. The van der Waals surface area contributed by atoms with Gasteiger partial charge in [-0.05, 0) is 19.8 Å². The number of esters is 1. The van der Waals surface area contributed by atoms with Crippen LogP contribution in [-0.4, -0.2) is 63.3 Å². The predicted molar refractivity (Wildman–Crippen MR) is 90.9 cm³/mol. The van der Waals surface area contributed by atoms with Crippen molar-refractivity contribution < 1.29 is 31.2 Å². The standard InChI is InChI=1S/C13H24O7S3/c1-3-20-13(15)6-11-23(18,19)10-5-9-22(16,17)8-4-7-21-12(2)14/h3-11H2,1-2H3. The third-order valence-electron chi connectivity index (χ3n) is 2.74. The molecule has 0 N–H and O–H groups in total. The van der Waals surface area contributed by atoms with E-state index >= 15 is 0 Å². The molecule has 0 fully saturated rings. The van der Waals surface area contributed by atoms with Crippen molar-refractivity contribution in [2.24, 2.45) is 0 Å². The van der Waals surface area contributed by atoms with Crippen LogP contribution < -0.4 is 0 Å². The van der Waals surface area contributed by atoms with Gasteiger partial charge in [-0.3, -0.25) is 9.59 Å². The van der Waals surface area contributed by atoms with Gasteiger partial charge in [-0.15, -0.1) is 0 Å². The lowest BCUT2D eigenvalue weighted by molar-refractivity contribution is -0.142. The average Bonchev–Trinajstić information content (AvgIpc) is 2.41. The Hall–Kier alpha value is -0.610. The lowest BCUT2D eigenvalue weighted by atomic mass is 10.5. The first-order valence-corrected chi connectivity index (χ1v) is 11.9. The molecular formula is C13H24O7S3. The van der Waals surface area contributed by atoms with Crippen molar-refractivity contribution in [2.45, 2.75) is 33.1 Å². The SMILES string of the molecule is CCOC(=O)CCS(=O)(=O)CCCS(=O)(=O)CCCSC(C)=O. The number of hydrogen-bond acceptors (Lipinski definition) is 8. The first-order valence-electron chi connectivity index (χ1n) is 7.28. The maximum absolute atomic E-state index is 11.7. The van der Waals surface area contributed by atoms with Crippen molar-refractivity contribution in [3.05, 3.63) is 0 Å². The zero-order valence-electron chi connectivity index (χ0n) is 13.4. The van der Waals surface area contributed by atoms with Gasteiger partial charge in [0.1, 0.15) is 9.84 Å². The van der Waals surface area contributed by atoms with Crippen molar-refractivity contribution in [1.29, 1.82) is 0 Å². The molecule has 0 spiro atoms. The summed E-state index contributed by atoms with van der Waals surface area (Å²) in [7, 11) is -6.79. The van der Waals surface area contributed by atoms with E-state index in [-0.39, 0.29) is 47.6 Å². The Bertz CT molecular complexity index is 579. The molecule has 7 nitrogen and oxygen atoms in total. The van der Waals surface area contributed by atoms with Crippen LogP contribution in [0.3, 0.4) is 0 Å². The summed E-state index contributed by atoms with van der Waals surface area (Å²) in [6.07, 6.45) is 0.153. The van der Waals surface area contributed by atoms with Gasteiger partial charge in [-0.1, -0.05) is 11.8 Å². The van der Waals surface area contributed by atoms with Gasteiger partial charge in [0.15, 0.2) is 15.0 Å². The van der Waals surface area contributed by atoms with Gasteiger partial charge < -0.3 is 4.74 Å². The van der Waals surface area contributed by atoms with Crippen LogP contribution in [0.15, 0.2) is 0 Å². The van der Waals surface area contributed by atoms with E-state index in [9.17, 15) is 26.4 Å². The van der Waals surface area contributed by atoms with Crippen molar-refractivity contribution in [3.8, 4) is 0 Å². The molecule has 0 atom stereocenters. The molecular weight excluding hydrogens is 364 g/mol. The van der Waals surface area contributed by atoms with E-state index in [0.717, 1.165) is 11.8 Å². The Labute approximate surface area is 142 Å². The van der Waals surface area contributed by atoms with Crippen molar-refractivity contribution in [2.75, 3.05) is 35.4 Å². The smallest absolute Gasteiger partial charge is 0.306 e. The van der Waals surface area contributed by atoms with Gasteiger partial charge >= 0.3 is 5.97 Å². The normalized spacial score (nSPS) is 12.1. The van der Waals surface area contributed by atoms with E-state index < -0.39 is 25.6 Å². The van der Waals surface area contributed by atoms with Gasteiger partial charge in [0.25, 0.3) is 0 Å². The highest BCUT2D eigenvalue weighted by molar-refractivity contribution is 8.13. The molecule has 0 rings (SSSR count). The van der Waals surface area contributed by atoms with Gasteiger partial charge in [0, 0.05) is 12.7 Å². The Balaban J connectivity index is 4.06. The summed E-state index contributed by atoms with van der Waals surface area (Å²) < 4.78 is 51.6. The minimum absolute atomic E-state index is 0.00728. The summed E-state index contributed by atoms with van der Waals surface area (Å²) >= 11 is 1.07. The van der Waals surface area contributed by atoms with Gasteiger partial charge in [0.05, 0.1) is 36.0 Å². The summed E-state index contributed by atoms with van der Waals surface area (Å²) in [5.74, 6) is -1.01. The van der Waals surface area contributed by atoms with Gasteiger partial charge in [-0.2, -0.15) is 0 Å². The van der Waals surface area contributed by atoms with E-state index in [4.69, 9.17) is 0 Å². The van der Waals surface area contributed by atoms with E-state index in [0.29, 0.717) is 12.2 Å². The Morgan fingerprint density at radius 2 is 1.43 bits per heavy atom. The minimum Gasteiger partial charge on any atom is -0.466 e. The van der Waals surface area contributed by atoms with Gasteiger partial charge in [0.2, 0.25) is 0 Å². The fraction of sp³-hybridized carbons (Fsp3) is 0.846. The zero-order chi connectivity index (χ0) is 17.9. The number of carbonyl (C=O) groups excluding carboxylic acids is 2. The van der Waals surface area contributed by atoms with Crippen LogP contribution >= 0.6 is 11.8 Å². The fourth-order valence-electron chi connectivity index (χ4n) is 1.67. The maximum atomic E-state index is 11.7. The molecule has 0 saturated heterocycles. The molecule has 0 bridgehead atoms. The second-order valence-electron chi connectivity index (χ2n) is 4.91. The molecule has 0 amide bonds. The lowest BCUT2D eigenvalue weighted by Crippen LogP contribution is -2.19. The maximum Gasteiger partial charge on any atom is 0.306 e. The molecule has 0 saturated carbocycles. The summed E-state index contributed by atoms with van der Waals surface area (Å²) in [6.45, 7) is 3.24. The van der Waals surface area contributed by atoms with E-state index in [1.165, 1.54) is 6.92 Å². The number of sulfone groups is 2. The van der Waals surface area contributed by atoms with Crippen LogP contribution in [0.25, 0.3) is 0 Å². The monoisotopic (exact) mass is 388 g/mol. The zero-order valence-corrected chi connectivity index (χ0v) is 15.9. The molecule has 0 heterocycles. The third-order valence-corrected chi connectivity index (χ3v) is 7.20. The van der Waals surface area contributed by atoms with Crippen LogP contribution in [0, 0.1) is 0 Å². The Morgan fingerprint density at radius 3 is 1.96 bits per heavy atom. The number of ether oxygens (including phenoxy) is 1. The summed E-state index contributed by atoms with van der Waals surface area (Å²) in [6, 6.07) is 0. The highest BCUT2D eigenvalue weighted by Crippen LogP contribution is 2.07. The highest BCUT2D eigenvalue weighted by atomic mass is 32.2. The molecule has 136 valence electrons. The molecule has 10 heteroatoms. The van der Waals surface area contributed by atoms with Crippen molar-refractivity contribution >= 4 is 42.5 Å². The molecule has 23 heavy (non-hydrogen) atoms. The van der Waals surface area contributed by atoms with Crippen LogP contribution in [0.1, 0.15) is 33.1 Å². The molecule has 0 aromatic carbocycles. The number of carbonyl (C=O) groups is 2. The van der Waals surface area contributed by atoms with E-state index in [2.05, 4.69) is 4.74 Å². The number of hydrogen-bond donors (Lipinski definition) is 0. The number of thioether (sulfide) groups is 1. The predicted octanol–water partition coefficient (Wildman–Crippen LogP) is 0.829. The molecule has 0 radical (unpaired) electrons.